The van der Waals surface area contributed by atoms with E-state index >= 15 is 0 Å². The van der Waals surface area contributed by atoms with Crippen molar-refractivity contribution in [1.29, 1.82) is 0 Å². The van der Waals surface area contributed by atoms with Crippen LogP contribution in [0.25, 0.3) is 0 Å². The highest BCUT2D eigenvalue weighted by molar-refractivity contribution is 5.76. The lowest BCUT2D eigenvalue weighted by atomic mass is 10.3. The van der Waals surface area contributed by atoms with Gasteiger partial charge in [0, 0.05) is 12.5 Å². The van der Waals surface area contributed by atoms with Crippen molar-refractivity contribution < 1.29 is 15.0 Å². The Morgan fingerprint density at radius 3 is 2.71 bits per heavy atom. The smallest absolute Gasteiger partial charge is 0.230 e. The zero-order chi connectivity index (χ0) is 11.1. The first kappa shape index (κ1) is 12.5. The number of carbonyl (C=O) groups excluding carboxylic acids is 1. The number of hydrazine groups is 1. The number of nitrogens with one attached hydrogen (secondary N) is 1. The Morgan fingerprint density at radius 2 is 2.29 bits per heavy atom. The molecule has 2 N–H and O–H groups in total. The molecule has 0 bridgehead atoms. The predicted molar refractivity (Wildman–Crippen MR) is 48.4 cm³/mol. The molecule has 0 rings (SSSR count). The van der Waals surface area contributed by atoms with Crippen LogP contribution in [0, 0.1) is 5.21 Å². The van der Waals surface area contributed by atoms with E-state index in [2.05, 4.69) is 10.6 Å². The molecule has 0 heterocycles. The molecule has 0 aliphatic carbocycles. The van der Waals surface area contributed by atoms with Gasteiger partial charge in [0.1, 0.15) is 0 Å². The van der Waals surface area contributed by atoms with Gasteiger partial charge in [-0.3, -0.25) is 4.79 Å². The number of carbonyl (C=O) groups is 1. The van der Waals surface area contributed by atoms with Crippen molar-refractivity contribution in [2.45, 2.75) is 26.3 Å². The second-order valence-electron chi connectivity index (χ2n) is 3.20. The van der Waals surface area contributed by atoms with Gasteiger partial charge in [0.05, 0.1) is 18.6 Å². The minimum atomic E-state index is -0.141. The normalized spacial score (nSPS) is 11.6. The Hall–Kier alpha value is -1.53. The topological polar surface area (TPSA) is 91.0 Å². The summed E-state index contributed by atoms with van der Waals surface area (Å²) in [6.07, 6.45) is 0.183. The number of amides is 1. The summed E-state index contributed by atoms with van der Waals surface area (Å²) < 4.78 is 0. The molecule has 0 aromatic rings. The summed E-state index contributed by atoms with van der Waals surface area (Å²) >= 11 is 0. The van der Waals surface area contributed by atoms with Gasteiger partial charge in [0.2, 0.25) is 11.2 Å². The minimum absolute atomic E-state index is 0.0165. The molecule has 0 atom stereocenters. The third-order valence-electron chi connectivity index (χ3n) is 1.48. The van der Waals surface area contributed by atoms with E-state index in [0.29, 0.717) is 0 Å². The highest BCUT2D eigenvalue weighted by atomic mass is 16.6. The van der Waals surface area contributed by atoms with E-state index in [9.17, 15) is 10.0 Å². The highest BCUT2D eigenvalue weighted by Gasteiger charge is 2.09. The Labute approximate surface area is 82.5 Å². The minimum Gasteiger partial charge on any atom is -0.569 e. The van der Waals surface area contributed by atoms with E-state index in [4.69, 9.17) is 5.21 Å². The standard InChI is InChI=1S/C7H16N4O3/c1-6(2)8-7(12)4-5-10(3)11(14)9-13/h6,13H,4-5H2,1-3H3,(H,8,12)/b11-9-. The van der Waals surface area contributed by atoms with Crippen LogP contribution in [0.15, 0.2) is 5.28 Å². The Morgan fingerprint density at radius 1 is 1.71 bits per heavy atom. The van der Waals surface area contributed by atoms with Crippen LogP contribution in [0.5, 0.6) is 0 Å². The SMILES string of the molecule is CC(C)NC(=O)CCN(C)/[N+]([O-])=N/O. The lowest BCUT2D eigenvalue weighted by Gasteiger charge is -2.12. The molecule has 0 aliphatic heterocycles. The van der Waals surface area contributed by atoms with E-state index < -0.39 is 0 Å². The maximum Gasteiger partial charge on any atom is 0.230 e. The van der Waals surface area contributed by atoms with Crippen molar-refractivity contribution in [3.63, 3.8) is 0 Å². The van der Waals surface area contributed by atoms with Crippen LogP contribution in [-0.4, -0.2) is 40.7 Å². The maximum atomic E-state index is 11.1. The van der Waals surface area contributed by atoms with Gasteiger partial charge < -0.3 is 15.7 Å². The van der Waals surface area contributed by atoms with Crippen molar-refractivity contribution in [2.24, 2.45) is 5.28 Å². The molecule has 14 heavy (non-hydrogen) atoms. The Balaban J connectivity index is 3.77. The molecule has 0 aromatic carbocycles. The number of nitrogens with zero attached hydrogens (tertiary/aromatic N) is 3. The van der Waals surface area contributed by atoms with Gasteiger partial charge in [0.25, 0.3) is 0 Å². The van der Waals surface area contributed by atoms with Crippen molar-refractivity contribution in [3.8, 4) is 0 Å². The van der Waals surface area contributed by atoms with Crippen molar-refractivity contribution >= 4 is 5.91 Å². The average Bonchev–Trinajstić information content (AvgIpc) is 2.11. The molecule has 0 unspecified atom stereocenters. The van der Waals surface area contributed by atoms with Crippen molar-refractivity contribution in [3.05, 3.63) is 5.21 Å². The van der Waals surface area contributed by atoms with Crippen molar-refractivity contribution in [2.75, 3.05) is 13.6 Å². The predicted octanol–water partition coefficient (Wildman–Crippen LogP) is 0.0996. The fraction of sp³-hybridized carbons (Fsp3) is 0.857. The maximum absolute atomic E-state index is 11.1. The first-order valence-corrected chi connectivity index (χ1v) is 4.30. The quantitative estimate of drug-likeness (QED) is 0.377. The molecule has 0 spiro atoms. The Kier molecular flexibility index (Phi) is 5.35. The van der Waals surface area contributed by atoms with Crippen LogP contribution in [0.4, 0.5) is 0 Å². The molecule has 1 amide bonds. The Bertz CT molecular complexity index is 217. The number of rotatable bonds is 5. The molecular formula is C7H16N4O3. The van der Waals surface area contributed by atoms with E-state index in [0.717, 1.165) is 5.01 Å². The largest absolute Gasteiger partial charge is 0.569 e. The summed E-state index contributed by atoms with van der Waals surface area (Å²) in [5.41, 5.74) is 0. The van der Waals surface area contributed by atoms with Gasteiger partial charge in [-0.1, -0.05) is 0 Å². The number of hydrogen-bond donors (Lipinski definition) is 2. The molecule has 82 valence electrons. The van der Waals surface area contributed by atoms with Gasteiger partial charge in [0.15, 0.2) is 0 Å². The zero-order valence-corrected chi connectivity index (χ0v) is 8.60. The summed E-state index contributed by atoms with van der Waals surface area (Å²) in [4.78, 5) is 11.1. The second-order valence-corrected chi connectivity index (χ2v) is 3.20. The summed E-state index contributed by atoms with van der Waals surface area (Å²) in [7, 11) is 1.43. The monoisotopic (exact) mass is 204 g/mol. The molecule has 0 aromatic heterocycles. The number of hydrogen-bond acceptors (Lipinski definition) is 3. The molecule has 0 aliphatic rings. The van der Waals surface area contributed by atoms with Gasteiger partial charge >= 0.3 is 0 Å². The van der Waals surface area contributed by atoms with Gasteiger partial charge in [-0.15, -0.1) is 5.01 Å². The fourth-order valence-corrected chi connectivity index (χ4v) is 0.811. The molecule has 0 fully saturated rings. The highest BCUT2D eigenvalue weighted by Crippen LogP contribution is 1.90. The van der Waals surface area contributed by atoms with Crippen LogP contribution < -0.4 is 5.32 Å². The third-order valence-corrected chi connectivity index (χ3v) is 1.48. The first-order valence-electron chi connectivity index (χ1n) is 4.30. The van der Waals surface area contributed by atoms with Gasteiger partial charge in [-0.05, 0) is 13.8 Å². The summed E-state index contributed by atoms with van der Waals surface area (Å²) in [5.74, 6) is -0.141. The average molecular weight is 204 g/mol. The van der Waals surface area contributed by atoms with E-state index in [-0.39, 0.29) is 29.9 Å². The zero-order valence-electron chi connectivity index (χ0n) is 8.60. The van der Waals surface area contributed by atoms with Crippen LogP contribution in [0.3, 0.4) is 0 Å². The van der Waals surface area contributed by atoms with E-state index in [1.165, 1.54) is 7.05 Å². The van der Waals surface area contributed by atoms with Crippen LogP contribution in [0.2, 0.25) is 0 Å². The molecular weight excluding hydrogens is 188 g/mol. The van der Waals surface area contributed by atoms with E-state index in [1.807, 2.05) is 13.8 Å². The third kappa shape index (κ3) is 5.18. The lowest BCUT2D eigenvalue weighted by Crippen LogP contribution is -2.34. The molecule has 0 radical (unpaired) electrons. The van der Waals surface area contributed by atoms with Gasteiger partial charge in [-0.2, -0.15) is 0 Å². The fourth-order valence-electron chi connectivity index (χ4n) is 0.811. The lowest BCUT2D eigenvalue weighted by molar-refractivity contribution is -0.703. The first-order chi connectivity index (χ1) is 6.47. The van der Waals surface area contributed by atoms with Crippen LogP contribution in [-0.2, 0) is 4.79 Å². The molecule has 0 saturated heterocycles. The van der Waals surface area contributed by atoms with Crippen LogP contribution in [0.1, 0.15) is 20.3 Å². The summed E-state index contributed by atoms with van der Waals surface area (Å²) in [5, 5.41) is 24.9. The molecule has 7 nitrogen and oxygen atoms in total. The summed E-state index contributed by atoms with van der Waals surface area (Å²) in [6, 6.07) is 0.0821. The van der Waals surface area contributed by atoms with Crippen molar-refractivity contribution in [1.82, 2.24) is 10.3 Å². The molecule has 0 saturated carbocycles. The summed E-state index contributed by atoms with van der Waals surface area (Å²) in [6.45, 7) is 3.90. The molecule has 7 heteroatoms. The second kappa shape index (κ2) is 6.01. The van der Waals surface area contributed by atoms with Gasteiger partial charge in [-0.25, -0.2) is 0 Å². The van der Waals surface area contributed by atoms with Crippen LogP contribution >= 0.6 is 0 Å². The van der Waals surface area contributed by atoms with E-state index in [1.54, 1.807) is 0 Å².